The first-order valence-electron chi connectivity index (χ1n) is 9.31. The van der Waals surface area contributed by atoms with E-state index in [9.17, 15) is 9.59 Å². The number of aryl methyl sites for hydroxylation is 2. The second-order valence-electron chi connectivity index (χ2n) is 6.90. The number of amides is 2. The van der Waals surface area contributed by atoms with Crippen LogP contribution < -0.4 is 10.6 Å². The van der Waals surface area contributed by atoms with E-state index >= 15 is 0 Å². The average molecular weight is 391 g/mol. The van der Waals surface area contributed by atoms with E-state index in [1.54, 1.807) is 6.20 Å². The van der Waals surface area contributed by atoms with E-state index < -0.39 is 0 Å². The van der Waals surface area contributed by atoms with Gasteiger partial charge in [-0.05, 0) is 54.2 Å². The number of hydrogen-bond acceptors (Lipinski definition) is 4. The third kappa shape index (κ3) is 4.12. The number of carbonyl (C=O) groups is 2. The van der Waals surface area contributed by atoms with Crippen LogP contribution in [0.3, 0.4) is 0 Å². The average Bonchev–Trinajstić information content (AvgIpc) is 3.29. The lowest BCUT2D eigenvalue weighted by molar-refractivity contribution is -0.115. The smallest absolute Gasteiger partial charge is 0.263 e. The maximum absolute atomic E-state index is 12.0. The molecule has 0 saturated carbocycles. The van der Waals surface area contributed by atoms with Gasteiger partial charge >= 0.3 is 0 Å². The van der Waals surface area contributed by atoms with Crippen molar-refractivity contribution in [3.8, 4) is 11.1 Å². The minimum Gasteiger partial charge on any atom is -0.351 e. The topological polar surface area (TPSA) is 71.1 Å². The Morgan fingerprint density at radius 1 is 1.18 bits per heavy atom. The number of benzene rings is 2. The standard InChI is InChI=1S/C22H21N3O2S/c1-14-24-13-20(28-14)22(27)23-10-2-3-15-4-6-16(7-5-15)17-8-9-19-18(11-17)12-21(26)25-19/h4-9,11,13H,2-3,10,12H2,1H3,(H,23,27)(H,25,26). The number of thiazole rings is 1. The van der Waals surface area contributed by atoms with Gasteiger partial charge in [-0.15, -0.1) is 11.3 Å². The third-order valence-corrected chi connectivity index (χ3v) is 5.70. The molecule has 1 aliphatic heterocycles. The lowest BCUT2D eigenvalue weighted by Crippen LogP contribution is -2.23. The molecule has 5 nitrogen and oxygen atoms in total. The highest BCUT2D eigenvalue weighted by Gasteiger charge is 2.17. The predicted molar refractivity (Wildman–Crippen MR) is 112 cm³/mol. The van der Waals surface area contributed by atoms with Crippen molar-refractivity contribution in [3.63, 3.8) is 0 Å². The summed E-state index contributed by atoms with van der Waals surface area (Å²) in [5.74, 6) is 0.00518. The Hall–Kier alpha value is -2.99. The monoisotopic (exact) mass is 391 g/mol. The molecule has 1 aliphatic rings. The van der Waals surface area contributed by atoms with Crippen LogP contribution in [-0.4, -0.2) is 23.3 Å². The van der Waals surface area contributed by atoms with Crippen LogP contribution in [0, 0.1) is 6.92 Å². The summed E-state index contributed by atoms with van der Waals surface area (Å²) in [7, 11) is 0. The quantitative estimate of drug-likeness (QED) is 0.625. The molecule has 0 spiro atoms. The first-order valence-corrected chi connectivity index (χ1v) is 10.1. The lowest BCUT2D eigenvalue weighted by Gasteiger charge is -2.07. The molecule has 142 valence electrons. The zero-order chi connectivity index (χ0) is 19.5. The summed E-state index contributed by atoms with van der Waals surface area (Å²) in [6, 6.07) is 14.6. The normalized spacial score (nSPS) is 12.5. The van der Waals surface area contributed by atoms with Crippen molar-refractivity contribution in [2.24, 2.45) is 0 Å². The van der Waals surface area contributed by atoms with E-state index in [0.29, 0.717) is 17.8 Å². The molecule has 0 saturated heterocycles. The van der Waals surface area contributed by atoms with Gasteiger partial charge in [-0.3, -0.25) is 9.59 Å². The fraction of sp³-hybridized carbons (Fsp3) is 0.227. The summed E-state index contributed by atoms with van der Waals surface area (Å²) in [5, 5.41) is 6.71. The summed E-state index contributed by atoms with van der Waals surface area (Å²) in [5.41, 5.74) is 5.47. The molecule has 2 N–H and O–H groups in total. The molecule has 2 amide bonds. The van der Waals surface area contributed by atoms with Crippen LogP contribution in [0.5, 0.6) is 0 Å². The number of carbonyl (C=O) groups excluding carboxylic acids is 2. The highest BCUT2D eigenvalue weighted by atomic mass is 32.1. The number of nitrogens with one attached hydrogen (secondary N) is 2. The molecule has 0 fully saturated rings. The van der Waals surface area contributed by atoms with Crippen LogP contribution in [0.25, 0.3) is 11.1 Å². The molecular weight excluding hydrogens is 370 g/mol. The number of rotatable bonds is 6. The van der Waals surface area contributed by atoms with E-state index in [2.05, 4.69) is 45.9 Å². The van der Waals surface area contributed by atoms with E-state index in [0.717, 1.165) is 40.2 Å². The van der Waals surface area contributed by atoms with E-state index in [-0.39, 0.29) is 11.8 Å². The number of hydrogen-bond donors (Lipinski definition) is 2. The predicted octanol–water partition coefficient (Wildman–Crippen LogP) is 3.98. The van der Waals surface area contributed by atoms with Crippen LogP contribution in [0.1, 0.15) is 32.2 Å². The molecule has 4 rings (SSSR count). The zero-order valence-electron chi connectivity index (χ0n) is 15.6. The summed E-state index contributed by atoms with van der Waals surface area (Å²) in [6.45, 7) is 2.54. The molecule has 0 radical (unpaired) electrons. The molecule has 2 aromatic carbocycles. The van der Waals surface area contributed by atoms with Crippen molar-refractivity contribution in [2.75, 3.05) is 11.9 Å². The van der Waals surface area contributed by atoms with Crippen molar-refractivity contribution in [3.05, 3.63) is 69.7 Å². The number of fused-ring (bicyclic) bond motifs is 1. The summed E-state index contributed by atoms with van der Waals surface area (Å²) in [4.78, 5) is 28.3. The third-order valence-electron chi connectivity index (χ3n) is 4.79. The molecule has 1 aromatic heterocycles. The first kappa shape index (κ1) is 18.4. The van der Waals surface area contributed by atoms with Crippen LogP contribution in [0.4, 0.5) is 5.69 Å². The van der Waals surface area contributed by atoms with Gasteiger partial charge in [0.2, 0.25) is 5.91 Å². The minimum atomic E-state index is -0.0504. The maximum Gasteiger partial charge on any atom is 0.263 e. The Balaban J connectivity index is 1.30. The van der Waals surface area contributed by atoms with Gasteiger partial charge in [0.1, 0.15) is 4.88 Å². The summed E-state index contributed by atoms with van der Waals surface area (Å²) >= 11 is 1.41. The van der Waals surface area contributed by atoms with E-state index in [1.807, 2.05) is 19.1 Å². The second kappa shape index (κ2) is 7.94. The van der Waals surface area contributed by atoms with Gasteiger partial charge in [0.05, 0.1) is 17.6 Å². The van der Waals surface area contributed by atoms with Crippen molar-refractivity contribution in [2.45, 2.75) is 26.2 Å². The zero-order valence-corrected chi connectivity index (χ0v) is 16.4. The van der Waals surface area contributed by atoms with Crippen LogP contribution in [0.15, 0.2) is 48.7 Å². The Kier molecular flexibility index (Phi) is 5.21. The van der Waals surface area contributed by atoms with Crippen molar-refractivity contribution in [1.82, 2.24) is 10.3 Å². The summed E-state index contributed by atoms with van der Waals surface area (Å²) in [6.07, 6.45) is 3.87. The Labute approximate surface area is 167 Å². The van der Waals surface area contributed by atoms with Crippen molar-refractivity contribution in [1.29, 1.82) is 0 Å². The van der Waals surface area contributed by atoms with Crippen LogP contribution in [0.2, 0.25) is 0 Å². The fourth-order valence-electron chi connectivity index (χ4n) is 3.32. The van der Waals surface area contributed by atoms with Gasteiger partial charge < -0.3 is 10.6 Å². The summed E-state index contributed by atoms with van der Waals surface area (Å²) < 4.78 is 0. The second-order valence-corrected chi connectivity index (χ2v) is 8.13. The van der Waals surface area contributed by atoms with Gasteiger partial charge in [-0.25, -0.2) is 4.98 Å². The minimum absolute atomic E-state index is 0.0504. The first-order chi connectivity index (χ1) is 13.6. The lowest BCUT2D eigenvalue weighted by atomic mass is 9.99. The molecule has 0 unspecified atom stereocenters. The molecular formula is C22H21N3O2S. The van der Waals surface area contributed by atoms with Crippen molar-refractivity contribution < 1.29 is 9.59 Å². The molecule has 0 atom stereocenters. The van der Waals surface area contributed by atoms with Gasteiger partial charge in [0, 0.05) is 12.2 Å². The van der Waals surface area contributed by atoms with Gasteiger partial charge in [0.15, 0.2) is 0 Å². The van der Waals surface area contributed by atoms with Gasteiger partial charge in [-0.2, -0.15) is 0 Å². The number of anilines is 1. The Morgan fingerprint density at radius 2 is 1.96 bits per heavy atom. The van der Waals surface area contributed by atoms with E-state index in [1.165, 1.54) is 16.9 Å². The van der Waals surface area contributed by atoms with Gasteiger partial charge in [0.25, 0.3) is 5.91 Å². The van der Waals surface area contributed by atoms with Crippen LogP contribution >= 0.6 is 11.3 Å². The Morgan fingerprint density at radius 3 is 2.71 bits per heavy atom. The molecule has 0 bridgehead atoms. The van der Waals surface area contributed by atoms with Gasteiger partial charge in [-0.1, -0.05) is 30.3 Å². The highest BCUT2D eigenvalue weighted by Crippen LogP contribution is 2.29. The number of nitrogens with zero attached hydrogens (tertiary/aromatic N) is 1. The largest absolute Gasteiger partial charge is 0.351 e. The number of aromatic nitrogens is 1. The molecule has 0 aliphatic carbocycles. The molecule has 28 heavy (non-hydrogen) atoms. The van der Waals surface area contributed by atoms with Crippen LogP contribution in [-0.2, 0) is 17.6 Å². The maximum atomic E-state index is 12.0. The SMILES string of the molecule is Cc1ncc(C(=O)NCCCc2ccc(-c3ccc4c(c3)CC(=O)N4)cc2)s1. The molecule has 2 heterocycles. The molecule has 3 aromatic rings. The van der Waals surface area contributed by atoms with E-state index in [4.69, 9.17) is 0 Å². The fourth-order valence-corrected chi connectivity index (χ4v) is 4.01. The highest BCUT2D eigenvalue weighted by molar-refractivity contribution is 7.13. The Bertz CT molecular complexity index is 1020. The van der Waals surface area contributed by atoms with Crippen molar-refractivity contribution >= 4 is 28.8 Å². The molecule has 6 heteroatoms.